The third kappa shape index (κ3) is 5.82. The van der Waals surface area contributed by atoms with Crippen molar-refractivity contribution in [2.45, 2.75) is 37.2 Å². The molecule has 200 valence electrons. The maximum Gasteiger partial charge on any atom is 0.337 e. The van der Waals surface area contributed by atoms with E-state index in [4.69, 9.17) is 4.74 Å². The summed E-state index contributed by atoms with van der Waals surface area (Å²) in [5.74, 6) is -0.776. The quantitative estimate of drug-likeness (QED) is 0.409. The fourth-order valence-corrected chi connectivity index (χ4v) is 7.04. The topological polar surface area (TPSA) is 101 Å². The third-order valence-corrected chi connectivity index (χ3v) is 10.2. The maximum atomic E-state index is 13.6. The van der Waals surface area contributed by atoms with E-state index < -0.39 is 26.0 Å². The van der Waals surface area contributed by atoms with Crippen LogP contribution in [-0.4, -0.2) is 51.0 Å². The van der Waals surface area contributed by atoms with E-state index >= 15 is 0 Å². The largest absolute Gasteiger partial charge is 0.457 e. The molecule has 4 rings (SSSR count). The van der Waals surface area contributed by atoms with Gasteiger partial charge in [-0.25, -0.2) is 21.6 Å². The number of sulfonamides is 2. The molecule has 0 saturated heterocycles. The number of benzene rings is 3. The van der Waals surface area contributed by atoms with Crippen molar-refractivity contribution in [1.29, 1.82) is 0 Å². The molecular formula is C28H30N2O6S2. The molecule has 0 amide bonds. The Morgan fingerprint density at radius 1 is 0.737 bits per heavy atom. The summed E-state index contributed by atoms with van der Waals surface area (Å²) in [6, 6.07) is 21.8. The van der Waals surface area contributed by atoms with Crippen LogP contribution in [0, 0.1) is 13.8 Å². The number of hydrogen-bond acceptors (Lipinski definition) is 6. The highest BCUT2D eigenvalue weighted by Gasteiger charge is 2.36. The van der Waals surface area contributed by atoms with Gasteiger partial charge in [0.1, 0.15) is 6.61 Å². The van der Waals surface area contributed by atoms with Gasteiger partial charge in [-0.2, -0.15) is 4.31 Å². The number of allylic oxidation sites excluding steroid dienone is 1. The SMILES string of the molecule is CC1=C(C(=O)OCc2ccccc2)CN(S(=O)(=O)c2ccc(C)cc2)CCN1S(=O)(=O)c1ccc(C)cc1. The smallest absolute Gasteiger partial charge is 0.337 e. The Bertz CT molecular complexity index is 1550. The predicted molar refractivity (Wildman–Crippen MR) is 144 cm³/mol. The Balaban J connectivity index is 1.73. The highest BCUT2D eigenvalue weighted by Crippen LogP contribution is 2.28. The molecule has 0 saturated carbocycles. The van der Waals surface area contributed by atoms with Crippen molar-refractivity contribution in [1.82, 2.24) is 8.61 Å². The van der Waals surface area contributed by atoms with Crippen LogP contribution in [0.5, 0.6) is 0 Å². The van der Waals surface area contributed by atoms with Crippen molar-refractivity contribution in [2.24, 2.45) is 0 Å². The van der Waals surface area contributed by atoms with Crippen molar-refractivity contribution in [2.75, 3.05) is 19.6 Å². The van der Waals surface area contributed by atoms with Crippen LogP contribution in [0.3, 0.4) is 0 Å². The number of esters is 1. The standard InChI is InChI=1S/C28H30N2O6S2/c1-21-9-13-25(14-10-21)37(32,33)29-17-18-30(38(34,35)26-15-11-22(2)12-16-26)23(3)27(19-29)28(31)36-20-24-7-5-4-6-8-24/h4-16H,17-20H2,1-3H3. The van der Waals surface area contributed by atoms with E-state index in [1.54, 1.807) is 36.4 Å². The van der Waals surface area contributed by atoms with Gasteiger partial charge in [-0.3, -0.25) is 4.31 Å². The average Bonchev–Trinajstić information content (AvgIpc) is 3.08. The average molecular weight is 555 g/mol. The van der Waals surface area contributed by atoms with E-state index in [0.29, 0.717) is 0 Å². The Morgan fingerprint density at radius 2 is 1.26 bits per heavy atom. The van der Waals surface area contributed by atoms with E-state index in [2.05, 4.69) is 0 Å². The van der Waals surface area contributed by atoms with E-state index in [-0.39, 0.29) is 47.3 Å². The lowest BCUT2D eigenvalue weighted by Gasteiger charge is -2.25. The lowest BCUT2D eigenvalue weighted by Crippen LogP contribution is -2.38. The van der Waals surface area contributed by atoms with Crippen LogP contribution < -0.4 is 0 Å². The van der Waals surface area contributed by atoms with Crippen LogP contribution >= 0.6 is 0 Å². The summed E-state index contributed by atoms with van der Waals surface area (Å²) in [7, 11) is -8.11. The van der Waals surface area contributed by atoms with Crippen LogP contribution in [0.2, 0.25) is 0 Å². The molecule has 1 aliphatic rings. The van der Waals surface area contributed by atoms with Crippen LogP contribution in [0.15, 0.2) is 99.9 Å². The van der Waals surface area contributed by atoms with Gasteiger partial charge in [0.25, 0.3) is 10.0 Å². The number of aryl methyl sites for hydroxylation is 2. The summed E-state index contributed by atoms with van der Waals surface area (Å²) in [5.41, 5.74) is 2.64. The van der Waals surface area contributed by atoms with Gasteiger partial charge in [-0.15, -0.1) is 0 Å². The first kappa shape index (κ1) is 27.6. The van der Waals surface area contributed by atoms with E-state index in [1.165, 1.54) is 31.2 Å². The first-order valence-corrected chi connectivity index (χ1v) is 14.9. The van der Waals surface area contributed by atoms with Gasteiger partial charge in [-0.1, -0.05) is 65.7 Å². The van der Waals surface area contributed by atoms with Gasteiger partial charge in [0.15, 0.2) is 0 Å². The van der Waals surface area contributed by atoms with Crippen LogP contribution in [0.25, 0.3) is 0 Å². The summed E-state index contributed by atoms with van der Waals surface area (Å²) in [5, 5.41) is 0. The molecule has 10 heteroatoms. The van der Waals surface area contributed by atoms with Crippen LogP contribution in [0.4, 0.5) is 0 Å². The molecule has 0 fully saturated rings. The highest BCUT2D eigenvalue weighted by atomic mass is 32.2. The van der Waals surface area contributed by atoms with E-state index in [9.17, 15) is 21.6 Å². The van der Waals surface area contributed by atoms with Crippen LogP contribution in [-0.2, 0) is 36.2 Å². The van der Waals surface area contributed by atoms with Gasteiger partial charge >= 0.3 is 5.97 Å². The summed E-state index contributed by atoms with van der Waals surface area (Å²) in [4.78, 5) is 13.4. The predicted octanol–water partition coefficient (Wildman–Crippen LogP) is 4.02. The summed E-state index contributed by atoms with van der Waals surface area (Å²) < 4.78 is 62.1. The van der Waals surface area contributed by atoms with Crippen molar-refractivity contribution in [3.8, 4) is 0 Å². The zero-order valence-electron chi connectivity index (χ0n) is 21.5. The number of hydrogen-bond donors (Lipinski definition) is 0. The molecule has 0 unspecified atom stereocenters. The van der Waals surface area contributed by atoms with Crippen molar-refractivity contribution in [3.63, 3.8) is 0 Å². The molecule has 0 aliphatic carbocycles. The molecule has 1 heterocycles. The first-order chi connectivity index (χ1) is 18.0. The molecule has 0 radical (unpaired) electrons. The number of ether oxygens (including phenoxy) is 1. The molecule has 0 bridgehead atoms. The van der Waals surface area contributed by atoms with Gasteiger partial charge in [0, 0.05) is 25.3 Å². The van der Waals surface area contributed by atoms with Gasteiger partial charge in [0.05, 0.1) is 15.4 Å². The molecule has 0 aromatic heterocycles. The fourth-order valence-electron chi connectivity index (χ4n) is 4.12. The fraction of sp³-hybridized carbons (Fsp3) is 0.250. The van der Waals surface area contributed by atoms with Gasteiger partial charge < -0.3 is 4.74 Å². The Labute approximate surface area is 224 Å². The molecule has 8 nitrogen and oxygen atoms in total. The zero-order valence-corrected chi connectivity index (χ0v) is 23.1. The van der Waals surface area contributed by atoms with E-state index in [1.807, 2.05) is 32.0 Å². The summed E-state index contributed by atoms with van der Waals surface area (Å²) in [6.07, 6.45) is 0. The lowest BCUT2D eigenvalue weighted by molar-refractivity contribution is -0.140. The van der Waals surface area contributed by atoms with Gasteiger partial charge in [0.2, 0.25) is 10.0 Å². The third-order valence-electron chi connectivity index (χ3n) is 6.42. The number of nitrogens with zero attached hydrogens (tertiary/aromatic N) is 2. The second kappa shape index (κ2) is 11.1. The van der Waals surface area contributed by atoms with Crippen molar-refractivity contribution in [3.05, 3.63) is 107 Å². The van der Waals surface area contributed by atoms with Crippen molar-refractivity contribution >= 4 is 26.0 Å². The minimum Gasteiger partial charge on any atom is -0.457 e. The number of rotatable bonds is 7. The minimum atomic E-state index is -4.08. The van der Waals surface area contributed by atoms with E-state index in [0.717, 1.165) is 25.3 Å². The Hall–Kier alpha value is -3.47. The van der Waals surface area contributed by atoms with Gasteiger partial charge in [-0.05, 0) is 50.6 Å². The normalized spacial score (nSPS) is 15.3. The molecule has 0 spiro atoms. The molecule has 1 aliphatic heterocycles. The molecular weight excluding hydrogens is 524 g/mol. The number of carbonyl (C=O) groups is 1. The number of carbonyl (C=O) groups excluding carboxylic acids is 1. The summed E-state index contributed by atoms with van der Waals surface area (Å²) in [6.45, 7) is 4.54. The Morgan fingerprint density at radius 3 is 1.82 bits per heavy atom. The monoisotopic (exact) mass is 554 g/mol. The molecule has 3 aromatic rings. The zero-order chi connectivity index (χ0) is 27.5. The Kier molecular flexibility index (Phi) is 8.05. The maximum absolute atomic E-state index is 13.6. The molecule has 3 aromatic carbocycles. The van der Waals surface area contributed by atoms with Crippen molar-refractivity contribution < 1.29 is 26.4 Å². The molecule has 38 heavy (non-hydrogen) atoms. The summed E-state index contributed by atoms with van der Waals surface area (Å²) >= 11 is 0. The van der Waals surface area contributed by atoms with Crippen LogP contribution in [0.1, 0.15) is 23.6 Å². The first-order valence-electron chi connectivity index (χ1n) is 12.1. The lowest BCUT2D eigenvalue weighted by atomic mass is 10.2. The second-order valence-corrected chi connectivity index (χ2v) is 13.0. The minimum absolute atomic E-state index is 0.0358. The second-order valence-electron chi connectivity index (χ2n) is 9.17. The molecule has 0 N–H and O–H groups in total. The molecule has 0 atom stereocenters. The highest BCUT2D eigenvalue weighted by molar-refractivity contribution is 7.89.